The van der Waals surface area contributed by atoms with E-state index in [-0.39, 0.29) is 10.8 Å². The molecule has 1 aliphatic heterocycles. The minimum atomic E-state index is -0.652. The Balaban J connectivity index is 1.69. The van der Waals surface area contributed by atoms with Gasteiger partial charge >= 0.3 is 0 Å². The van der Waals surface area contributed by atoms with Crippen molar-refractivity contribution in [2.24, 2.45) is 5.92 Å². The molecule has 0 radical (unpaired) electrons. The lowest BCUT2D eigenvalue weighted by Crippen LogP contribution is -2.30. The van der Waals surface area contributed by atoms with E-state index in [9.17, 15) is 13.6 Å². The zero-order valence-electron chi connectivity index (χ0n) is 14.4. The number of hydrogen-bond acceptors (Lipinski definition) is 3. The SMILES string of the molecule is O=C(NCCC1CCNC1)C(Sc1ccc(F)cc1F)c1ccccc1. The normalized spacial score (nSPS) is 17.8. The molecule has 1 aliphatic rings. The van der Waals surface area contributed by atoms with Crippen molar-refractivity contribution in [2.75, 3.05) is 19.6 Å². The highest BCUT2D eigenvalue weighted by Crippen LogP contribution is 2.37. The molecule has 2 unspecified atom stereocenters. The van der Waals surface area contributed by atoms with Crippen molar-refractivity contribution in [1.29, 1.82) is 0 Å². The monoisotopic (exact) mass is 376 g/mol. The number of amides is 1. The van der Waals surface area contributed by atoms with Crippen LogP contribution in [0.3, 0.4) is 0 Å². The minimum absolute atomic E-state index is 0.157. The van der Waals surface area contributed by atoms with E-state index in [1.165, 1.54) is 12.1 Å². The molecule has 0 aliphatic carbocycles. The van der Waals surface area contributed by atoms with Crippen LogP contribution in [0.2, 0.25) is 0 Å². The predicted octanol–water partition coefficient (Wildman–Crippen LogP) is 3.91. The second kappa shape index (κ2) is 9.14. The van der Waals surface area contributed by atoms with Crippen molar-refractivity contribution in [3.63, 3.8) is 0 Å². The fraction of sp³-hybridized carbons (Fsp3) is 0.350. The molecule has 3 rings (SSSR count). The van der Waals surface area contributed by atoms with E-state index in [4.69, 9.17) is 0 Å². The summed E-state index contributed by atoms with van der Waals surface area (Å²) in [6.45, 7) is 2.62. The van der Waals surface area contributed by atoms with Gasteiger partial charge < -0.3 is 10.6 Å². The minimum Gasteiger partial charge on any atom is -0.355 e. The van der Waals surface area contributed by atoms with E-state index >= 15 is 0 Å². The van der Waals surface area contributed by atoms with Gasteiger partial charge in [-0.15, -0.1) is 11.8 Å². The Morgan fingerprint density at radius 3 is 2.73 bits per heavy atom. The third-order valence-corrected chi connectivity index (χ3v) is 5.80. The zero-order chi connectivity index (χ0) is 18.4. The van der Waals surface area contributed by atoms with Crippen LogP contribution < -0.4 is 10.6 Å². The Morgan fingerprint density at radius 2 is 2.04 bits per heavy atom. The number of nitrogens with one attached hydrogen (secondary N) is 2. The predicted molar refractivity (Wildman–Crippen MR) is 100 cm³/mol. The van der Waals surface area contributed by atoms with E-state index in [2.05, 4.69) is 10.6 Å². The van der Waals surface area contributed by atoms with E-state index in [0.717, 1.165) is 49.3 Å². The summed E-state index contributed by atoms with van der Waals surface area (Å²) < 4.78 is 27.2. The number of carbonyl (C=O) groups is 1. The smallest absolute Gasteiger partial charge is 0.237 e. The summed E-state index contributed by atoms with van der Waals surface area (Å²) in [4.78, 5) is 13.0. The van der Waals surface area contributed by atoms with Crippen LogP contribution in [0.5, 0.6) is 0 Å². The quantitative estimate of drug-likeness (QED) is 0.720. The first kappa shape index (κ1) is 18.9. The molecule has 138 valence electrons. The Labute approximate surface area is 156 Å². The number of halogens is 2. The van der Waals surface area contributed by atoms with Gasteiger partial charge in [-0.1, -0.05) is 30.3 Å². The summed E-state index contributed by atoms with van der Waals surface area (Å²) in [6.07, 6.45) is 2.06. The van der Waals surface area contributed by atoms with Gasteiger partial charge in [-0.2, -0.15) is 0 Å². The second-order valence-corrected chi connectivity index (χ2v) is 7.57. The van der Waals surface area contributed by atoms with Gasteiger partial charge in [0.15, 0.2) is 0 Å². The van der Waals surface area contributed by atoms with Crippen molar-refractivity contribution in [2.45, 2.75) is 23.0 Å². The van der Waals surface area contributed by atoms with Crippen LogP contribution in [-0.2, 0) is 4.79 Å². The van der Waals surface area contributed by atoms with E-state index in [0.29, 0.717) is 12.5 Å². The molecule has 2 atom stereocenters. The molecule has 6 heteroatoms. The van der Waals surface area contributed by atoms with Gasteiger partial charge in [0.25, 0.3) is 0 Å². The Bertz CT molecular complexity index is 736. The first-order valence-electron chi connectivity index (χ1n) is 8.78. The number of benzene rings is 2. The molecular weight excluding hydrogens is 354 g/mol. The first-order valence-corrected chi connectivity index (χ1v) is 9.66. The molecule has 0 spiro atoms. The fourth-order valence-electron chi connectivity index (χ4n) is 3.05. The highest BCUT2D eigenvalue weighted by Gasteiger charge is 2.24. The maximum atomic E-state index is 14.0. The number of thioether (sulfide) groups is 1. The van der Waals surface area contributed by atoms with Gasteiger partial charge in [0.2, 0.25) is 5.91 Å². The average molecular weight is 376 g/mol. The van der Waals surface area contributed by atoms with Gasteiger partial charge in [0, 0.05) is 17.5 Å². The molecule has 1 amide bonds. The Morgan fingerprint density at radius 1 is 1.23 bits per heavy atom. The number of carbonyl (C=O) groups excluding carboxylic acids is 1. The summed E-state index contributed by atoms with van der Waals surface area (Å²) in [5.74, 6) is -0.845. The molecule has 0 bridgehead atoms. The van der Waals surface area contributed by atoms with Crippen molar-refractivity contribution in [3.05, 3.63) is 65.7 Å². The summed E-state index contributed by atoms with van der Waals surface area (Å²) in [6, 6.07) is 12.7. The molecule has 2 aromatic carbocycles. The topological polar surface area (TPSA) is 41.1 Å². The summed E-state index contributed by atoms with van der Waals surface area (Å²) in [7, 11) is 0. The lowest BCUT2D eigenvalue weighted by atomic mass is 10.1. The van der Waals surface area contributed by atoms with Crippen LogP contribution in [0, 0.1) is 17.6 Å². The van der Waals surface area contributed by atoms with Gasteiger partial charge in [-0.25, -0.2) is 8.78 Å². The molecule has 0 aromatic heterocycles. The Hall–Kier alpha value is -1.92. The molecular formula is C20H22F2N2OS. The third kappa shape index (κ3) is 5.05. The maximum absolute atomic E-state index is 14.0. The van der Waals surface area contributed by atoms with E-state index in [1.807, 2.05) is 30.3 Å². The molecule has 2 aromatic rings. The zero-order valence-corrected chi connectivity index (χ0v) is 15.2. The van der Waals surface area contributed by atoms with Crippen LogP contribution in [-0.4, -0.2) is 25.5 Å². The highest BCUT2D eigenvalue weighted by molar-refractivity contribution is 8.00. The second-order valence-electron chi connectivity index (χ2n) is 6.42. The summed E-state index contributed by atoms with van der Waals surface area (Å²) >= 11 is 1.10. The largest absolute Gasteiger partial charge is 0.355 e. The highest BCUT2D eigenvalue weighted by atomic mass is 32.2. The average Bonchev–Trinajstić information content (AvgIpc) is 3.15. The molecule has 0 saturated carbocycles. The van der Waals surface area contributed by atoms with Crippen LogP contribution in [0.25, 0.3) is 0 Å². The van der Waals surface area contributed by atoms with Crippen molar-refractivity contribution in [3.8, 4) is 0 Å². The molecule has 1 fully saturated rings. The number of rotatable bonds is 7. The van der Waals surface area contributed by atoms with Crippen molar-refractivity contribution in [1.82, 2.24) is 10.6 Å². The standard InChI is InChI=1S/C20H22F2N2OS/c21-16-6-7-18(17(22)12-16)26-19(15-4-2-1-3-5-15)20(25)24-11-9-14-8-10-23-13-14/h1-7,12,14,19,23H,8-11,13H2,(H,24,25). The number of hydrogen-bond donors (Lipinski definition) is 2. The lowest BCUT2D eigenvalue weighted by Gasteiger charge is -2.18. The van der Waals surface area contributed by atoms with Crippen LogP contribution in [0.15, 0.2) is 53.4 Å². The van der Waals surface area contributed by atoms with Gasteiger partial charge in [0.1, 0.15) is 16.9 Å². The van der Waals surface area contributed by atoms with Gasteiger partial charge in [0.05, 0.1) is 0 Å². The molecule has 2 N–H and O–H groups in total. The van der Waals surface area contributed by atoms with Crippen molar-refractivity contribution < 1.29 is 13.6 Å². The summed E-state index contributed by atoms with van der Waals surface area (Å²) in [5.41, 5.74) is 0.793. The first-order chi connectivity index (χ1) is 12.6. The van der Waals surface area contributed by atoms with Crippen LogP contribution in [0.1, 0.15) is 23.7 Å². The molecule has 3 nitrogen and oxygen atoms in total. The third-order valence-electron chi connectivity index (χ3n) is 4.49. The molecule has 26 heavy (non-hydrogen) atoms. The summed E-state index contributed by atoms with van der Waals surface area (Å²) in [5, 5.41) is 5.70. The van der Waals surface area contributed by atoms with Gasteiger partial charge in [-0.3, -0.25) is 4.79 Å². The fourth-order valence-corrected chi connectivity index (χ4v) is 4.11. The van der Waals surface area contributed by atoms with E-state index in [1.54, 1.807) is 0 Å². The van der Waals surface area contributed by atoms with Gasteiger partial charge in [-0.05, 0) is 49.5 Å². The van der Waals surface area contributed by atoms with E-state index < -0.39 is 16.9 Å². The van der Waals surface area contributed by atoms with Crippen LogP contribution in [0.4, 0.5) is 8.78 Å². The maximum Gasteiger partial charge on any atom is 0.237 e. The van der Waals surface area contributed by atoms with Crippen LogP contribution >= 0.6 is 11.8 Å². The lowest BCUT2D eigenvalue weighted by molar-refractivity contribution is -0.120. The molecule has 1 heterocycles. The Kier molecular flexibility index (Phi) is 6.63. The van der Waals surface area contributed by atoms with Crippen molar-refractivity contribution >= 4 is 17.7 Å². The molecule has 1 saturated heterocycles.